The molecule has 0 saturated heterocycles. The molecular formula is C22H29N7. The van der Waals surface area contributed by atoms with Crippen molar-refractivity contribution in [3.05, 3.63) is 71.8 Å². The molecule has 0 atom stereocenters. The summed E-state index contributed by atoms with van der Waals surface area (Å²) in [6, 6.07) is 16.8. The Hall–Kier alpha value is -3.19. The molecule has 0 amide bonds. The number of aryl methyl sites for hydroxylation is 1. The van der Waals surface area contributed by atoms with Gasteiger partial charge in [-0.15, -0.1) is 10.6 Å². The molecule has 4 rings (SSSR count). The Morgan fingerprint density at radius 3 is 2.41 bits per heavy atom. The van der Waals surface area contributed by atoms with E-state index in [1.165, 1.54) is 5.56 Å². The van der Waals surface area contributed by atoms with Crippen molar-refractivity contribution in [1.29, 1.82) is 0 Å². The molecule has 3 aromatic rings. The van der Waals surface area contributed by atoms with Crippen molar-refractivity contribution in [1.82, 2.24) is 31.3 Å². The minimum Gasteiger partial charge on any atom is -0.285 e. The predicted molar refractivity (Wildman–Crippen MR) is 117 cm³/mol. The smallest absolute Gasteiger partial charge is 0.171 e. The number of nitrogens with zero attached hydrogens (tertiary/aromatic N) is 4. The second-order valence-electron chi connectivity index (χ2n) is 6.53. The zero-order valence-corrected chi connectivity index (χ0v) is 17.3. The van der Waals surface area contributed by atoms with Crippen molar-refractivity contribution in [2.24, 2.45) is 5.10 Å². The molecule has 3 N–H and O–H groups in total. The number of hydrazone groups is 1. The molecule has 1 aliphatic rings. The molecule has 7 heteroatoms. The molecule has 1 aliphatic heterocycles. The lowest BCUT2D eigenvalue weighted by Gasteiger charge is -2.10. The molecule has 1 aromatic heterocycles. The van der Waals surface area contributed by atoms with E-state index in [9.17, 15) is 0 Å². The van der Waals surface area contributed by atoms with Gasteiger partial charge in [0, 0.05) is 12.0 Å². The van der Waals surface area contributed by atoms with Crippen LogP contribution < -0.4 is 16.5 Å². The van der Waals surface area contributed by atoms with Gasteiger partial charge in [-0.1, -0.05) is 75.7 Å². The van der Waals surface area contributed by atoms with Crippen LogP contribution in [0.5, 0.6) is 0 Å². The summed E-state index contributed by atoms with van der Waals surface area (Å²) in [5, 5.41) is 8.77. The van der Waals surface area contributed by atoms with Crippen LogP contribution in [0.2, 0.25) is 0 Å². The van der Waals surface area contributed by atoms with E-state index < -0.39 is 0 Å². The number of rotatable bonds is 7. The molecular weight excluding hydrogens is 362 g/mol. The third kappa shape index (κ3) is 5.20. The standard InChI is InChI=1S/C20H23N7.C2H6/c1-2-3-8-19-21-14-27(24-19)13-15-9-11-16(12-10-15)17-6-4-5-7-18(17)20-22-25-26-23-20;1-2/h4-7,9-12,14,25-26H,2-3,8,13H2,1H3,(H,22,23);1-2H3. The number of hydrogen-bond donors (Lipinski definition) is 3. The first-order valence-corrected chi connectivity index (χ1v) is 10.2. The van der Waals surface area contributed by atoms with E-state index in [-0.39, 0.29) is 0 Å². The van der Waals surface area contributed by atoms with Crippen molar-refractivity contribution >= 4 is 5.84 Å². The molecule has 0 aliphatic carbocycles. The van der Waals surface area contributed by atoms with Crippen molar-refractivity contribution in [2.75, 3.05) is 0 Å². The Balaban J connectivity index is 0.00000117. The fourth-order valence-corrected chi connectivity index (χ4v) is 3.10. The lowest BCUT2D eigenvalue weighted by molar-refractivity contribution is 0.577. The molecule has 7 nitrogen and oxygen atoms in total. The summed E-state index contributed by atoms with van der Waals surface area (Å²) >= 11 is 0. The van der Waals surface area contributed by atoms with Gasteiger partial charge in [-0.25, -0.2) is 15.2 Å². The van der Waals surface area contributed by atoms with Gasteiger partial charge in [0.25, 0.3) is 0 Å². The Bertz CT molecular complexity index is 928. The van der Waals surface area contributed by atoms with Crippen LogP contribution in [-0.4, -0.2) is 20.6 Å². The first-order valence-electron chi connectivity index (χ1n) is 10.2. The van der Waals surface area contributed by atoms with Gasteiger partial charge in [-0.05, 0) is 23.1 Å². The van der Waals surface area contributed by atoms with E-state index >= 15 is 0 Å². The molecule has 0 spiro atoms. The number of unbranched alkanes of at least 4 members (excludes halogenated alkanes) is 1. The van der Waals surface area contributed by atoms with E-state index in [2.05, 4.69) is 75.0 Å². The van der Waals surface area contributed by atoms with Crippen LogP contribution in [0, 0.1) is 0 Å². The van der Waals surface area contributed by atoms with Crippen molar-refractivity contribution in [2.45, 2.75) is 46.6 Å². The number of hydrogen-bond acceptors (Lipinski definition) is 6. The SMILES string of the molecule is CC.CCCCc1ncn(Cc2ccc(-c3ccccc3C3=NNNN3)cc2)n1. The largest absolute Gasteiger partial charge is 0.285 e. The van der Waals surface area contributed by atoms with Gasteiger partial charge in [0.1, 0.15) is 6.33 Å². The summed E-state index contributed by atoms with van der Waals surface area (Å²) in [5.41, 5.74) is 13.0. The van der Waals surface area contributed by atoms with Gasteiger partial charge in [-0.3, -0.25) is 5.43 Å². The van der Waals surface area contributed by atoms with E-state index in [0.29, 0.717) is 0 Å². The number of aromatic nitrogens is 3. The van der Waals surface area contributed by atoms with Crippen LogP contribution in [0.3, 0.4) is 0 Å². The quantitative estimate of drug-likeness (QED) is 0.573. The van der Waals surface area contributed by atoms with E-state index in [1.807, 2.05) is 37.0 Å². The molecule has 152 valence electrons. The predicted octanol–water partition coefficient (Wildman–Crippen LogP) is 3.64. The van der Waals surface area contributed by atoms with Gasteiger partial charge in [-0.2, -0.15) is 5.10 Å². The maximum Gasteiger partial charge on any atom is 0.171 e. The highest BCUT2D eigenvalue weighted by Gasteiger charge is 2.13. The maximum atomic E-state index is 4.56. The van der Waals surface area contributed by atoms with Crippen LogP contribution in [-0.2, 0) is 13.0 Å². The van der Waals surface area contributed by atoms with Crippen LogP contribution in [0.1, 0.15) is 50.6 Å². The van der Waals surface area contributed by atoms with E-state index in [4.69, 9.17) is 0 Å². The second kappa shape index (κ2) is 10.4. The van der Waals surface area contributed by atoms with E-state index in [1.54, 1.807) is 0 Å². The third-order valence-electron chi connectivity index (χ3n) is 4.53. The highest BCUT2D eigenvalue weighted by Crippen LogP contribution is 2.24. The molecule has 0 saturated carbocycles. The molecule has 2 heterocycles. The zero-order chi connectivity index (χ0) is 20.5. The molecule has 0 fully saturated rings. The summed E-state index contributed by atoms with van der Waals surface area (Å²) in [4.78, 5) is 4.39. The van der Waals surface area contributed by atoms with Crippen molar-refractivity contribution in [3.8, 4) is 11.1 Å². The number of amidine groups is 1. The number of benzene rings is 2. The number of hydrazine groups is 2. The van der Waals surface area contributed by atoms with Gasteiger partial charge in [0.2, 0.25) is 0 Å². The lowest BCUT2D eigenvalue weighted by Crippen LogP contribution is -2.35. The average Bonchev–Trinajstić information content (AvgIpc) is 3.47. The fourth-order valence-electron chi connectivity index (χ4n) is 3.10. The zero-order valence-electron chi connectivity index (χ0n) is 17.3. The van der Waals surface area contributed by atoms with Gasteiger partial charge < -0.3 is 0 Å². The highest BCUT2D eigenvalue weighted by atomic mass is 15.8. The normalized spacial score (nSPS) is 12.4. The second-order valence-corrected chi connectivity index (χ2v) is 6.53. The Morgan fingerprint density at radius 2 is 1.72 bits per heavy atom. The molecule has 0 unspecified atom stereocenters. The summed E-state index contributed by atoms with van der Waals surface area (Å²) in [6.45, 7) is 6.91. The summed E-state index contributed by atoms with van der Waals surface area (Å²) < 4.78 is 1.91. The monoisotopic (exact) mass is 391 g/mol. The van der Waals surface area contributed by atoms with Gasteiger partial charge >= 0.3 is 0 Å². The summed E-state index contributed by atoms with van der Waals surface area (Å²) in [7, 11) is 0. The minimum absolute atomic E-state index is 0.725. The van der Waals surface area contributed by atoms with Crippen LogP contribution >= 0.6 is 0 Å². The highest BCUT2D eigenvalue weighted by molar-refractivity contribution is 6.04. The average molecular weight is 392 g/mol. The van der Waals surface area contributed by atoms with Crippen LogP contribution in [0.15, 0.2) is 60.0 Å². The lowest BCUT2D eigenvalue weighted by atomic mass is 9.98. The third-order valence-corrected chi connectivity index (χ3v) is 4.53. The minimum atomic E-state index is 0.725. The number of nitrogens with one attached hydrogen (secondary N) is 3. The van der Waals surface area contributed by atoms with E-state index in [0.717, 1.165) is 54.2 Å². The van der Waals surface area contributed by atoms with Crippen molar-refractivity contribution in [3.63, 3.8) is 0 Å². The topological polar surface area (TPSA) is 79.2 Å². The Labute approximate surface area is 172 Å². The van der Waals surface area contributed by atoms with Crippen molar-refractivity contribution < 1.29 is 0 Å². The van der Waals surface area contributed by atoms with Gasteiger partial charge in [0.05, 0.1) is 6.54 Å². The fraction of sp³-hybridized carbons (Fsp3) is 0.318. The maximum absolute atomic E-state index is 4.56. The summed E-state index contributed by atoms with van der Waals surface area (Å²) in [6.07, 6.45) is 5.05. The first kappa shape index (κ1) is 20.5. The van der Waals surface area contributed by atoms with Crippen LogP contribution in [0.4, 0.5) is 0 Å². The molecule has 29 heavy (non-hydrogen) atoms. The molecule has 2 aromatic carbocycles. The van der Waals surface area contributed by atoms with Gasteiger partial charge in [0.15, 0.2) is 11.7 Å². The Morgan fingerprint density at radius 1 is 0.966 bits per heavy atom. The Kier molecular flexibility index (Phi) is 7.35. The molecule has 0 bridgehead atoms. The summed E-state index contributed by atoms with van der Waals surface area (Å²) in [5.74, 6) is 1.70. The first-order chi connectivity index (χ1) is 14.3. The molecule has 0 radical (unpaired) electrons. The van der Waals surface area contributed by atoms with Crippen LogP contribution in [0.25, 0.3) is 11.1 Å².